The molecule has 0 unspecified atom stereocenters. The first kappa shape index (κ1) is 9.94. The number of aromatic nitrogens is 1. The van der Waals surface area contributed by atoms with Crippen molar-refractivity contribution in [1.29, 1.82) is 0 Å². The van der Waals surface area contributed by atoms with Gasteiger partial charge in [0.1, 0.15) is 5.69 Å². The summed E-state index contributed by atoms with van der Waals surface area (Å²) in [5.41, 5.74) is 0.464. The Balaban J connectivity index is 2.76. The largest absolute Gasteiger partial charge is 0.291 e. The Kier molecular flexibility index (Phi) is 3.66. The Hall–Kier alpha value is -1.14. The molecule has 0 amide bonds. The minimum absolute atomic E-state index is 0.0400. The number of rotatable bonds is 2. The van der Waals surface area contributed by atoms with Crippen molar-refractivity contribution in [2.45, 2.75) is 13.3 Å². The molecule has 1 aromatic heterocycles. The van der Waals surface area contributed by atoms with Gasteiger partial charge in [-0.05, 0) is 35.0 Å². The third-order valence-corrected chi connectivity index (χ3v) is 1.91. The van der Waals surface area contributed by atoms with Crippen LogP contribution in [0.1, 0.15) is 23.8 Å². The molecule has 1 aromatic rings. The summed E-state index contributed by atoms with van der Waals surface area (Å²) >= 11 is 3.25. The van der Waals surface area contributed by atoms with Gasteiger partial charge in [0.25, 0.3) is 0 Å². The normalized spacial score (nSPS) is 8.77. The van der Waals surface area contributed by atoms with Crippen molar-refractivity contribution in [3.8, 4) is 11.8 Å². The molecular weight excluding hydrogens is 230 g/mol. The molecule has 0 aliphatic carbocycles. The van der Waals surface area contributed by atoms with Crippen LogP contribution in [0.25, 0.3) is 0 Å². The monoisotopic (exact) mass is 237 g/mol. The van der Waals surface area contributed by atoms with Crippen LogP contribution >= 0.6 is 15.9 Å². The van der Waals surface area contributed by atoms with Crippen LogP contribution < -0.4 is 0 Å². The number of carbonyl (C=O) groups excluding carboxylic acids is 1. The number of hydrogen-bond acceptors (Lipinski definition) is 2. The lowest BCUT2D eigenvalue weighted by atomic mass is 10.2. The van der Waals surface area contributed by atoms with Crippen LogP contribution in [0.15, 0.2) is 22.8 Å². The van der Waals surface area contributed by atoms with Crippen LogP contribution in [0, 0.1) is 11.8 Å². The number of ketones is 1. The molecule has 66 valence electrons. The highest BCUT2D eigenvalue weighted by Crippen LogP contribution is 2.08. The minimum Gasteiger partial charge on any atom is -0.291 e. The van der Waals surface area contributed by atoms with Crippen LogP contribution in [-0.2, 0) is 0 Å². The number of carbonyl (C=O) groups is 1. The summed E-state index contributed by atoms with van der Waals surface area (Å²) in [6.45, 7) is 1.71. The van der Waals surface area contributed by atoms with Gasteiger partial charge in [-0.15, -0.1) is 5.92 Å². The van der Waals surface area contributed by atoms with E-state index in [0.29, 0.717) is 5.69 Å². The van der Waals surface area contributed by atoms with Gasteiger partial charge in [0, 0.05) is 10.7 Å². The van der Waals surface area contributed by atoms with Crippen molar-refractivity contribution in [1.82, 2.24) is 4.98 Å². The third-order valence-electron chi connectivity index (χ3n) is 1.44. The van der Waals surface area contributed by atoms with Crippen LogP contribution in [0.3, 0.4) is 0 Å². The number of pyridine rings is 1. The Morgan fingerprint density at radius 3 is 2.92 bits per heavy atom. The number of nitrogens with zero attached hydrogens (tertiary/aromatic N) is 1. The first-order valence-electron chi connectivity index (χ1n) is 3.78. The van der Waals surface area contributed by atoms with E-state index in [4.69, 9.17) is 0 Å². The van der Waals surface area contributed by atoms with E-state index in [1.54, 1.807) is 25.3 Å². The summed E-state index contributed by atoms with van der Waals surface area (Å²) in [5.74, 6) is 5.34. The molecular formula is C10H8BrNO. The van der Waals surface area contributed by atoms with Crippen molar-refractivity contribution in [2.75, 3.05) is 0 Å². The number of halogens is 1. The second-order valence-corrected chi connectivity index (χ2v) is 3.30. The fraction of sp³-hybridized carbons (Fsp3) is 0.200. The molecule has 0 spiro atoms. The quantitative estimate of drug-likeness (QED) is 0.585. The van der Waals surface area contributed by atoms with E-state index in [9.17, 15) is 4.79 Å². The van der Waals surface area contributed by atoms with Gasteiger partial charge in [-0.25, -0.2) is 0 Å². The summed E-state index contributed by atoms with van der Waals surface area (Å²) in [7, 11) is 0. The second kappa shape index (κ2) is 4.78. The zero-order valence-corrected chi connectivity index (χ0v) is 8.76. The molecule has 0 bridgehead atoms. The average Bonchev–Trinajstić information content (AvgIpc) is 2.15. The molecule has 0 aliphatic rings. The first-order valence-corrected chi connectivity index (χ1v) is 4.57. The highest BCUT2D eigenvalue weighted by molar-refractivity contribution is 9.10. The van der Waals surface area contributed by atoms with E-state index in [0.717, 1.165) is 4.47 Å². The molecule has 0 saturated carbocycles. The highest BCUT2D eigenvalue weighted by Gasteiger charge is 2.04. The molecule has 0 saturated heterocycles. The lowest BCUT2D eigenvalue weighted by Gasteiger charge is -1.94. The van der Waals surface area contributed by atoms with Crippen molar-refractivity contribution < 1.29 is 4.79 Å². The van der Waals surface area contributed by atoms with E-state index in [-0.39, 0.29) is 12.2 Å². The molecule has 0 aliphatic heterocycles. The van der Waals surface area contributed by atoms with Crippen molar-refractivity contribution in [3.05, 3.63) is 28.5 Å². The van der Waals surface area contributed by atoms with Gasteiger partial charge in [0.15, 0.2) is 5.78 Å². The van der Waals surface area contributed by atoms with Crippen LogP contribution in [0.2, 0.25) is 0 Å². The molecule has 0 atom stereocenters. The summed E-state index contributed by atoms with van der Waals surface area (Å²) < 4.78 is 0.866. The standard InChI is InChI=1S/C10H8BrNO/c1-2-3-4-10(13)9-6-5-8(11)7-12-9/h5-7H,4H2,1H3. The smallest absolute Gasteiger partial charge is 0.193 e. The SMILES string of the molecule is CC#CCC(=O)c1ccc(Br)cn1. The molecule has 0 aromatic carbocycles. The van der Waals surface area contributed by atoms with Gasteiger partial charge >= 0.3 is 0 Å². The Labute approximate surface area is 85.5 Å². The topological polar surface area (TPSA) is 30.0 Å². The summed E-state index contributed by atoms with van der Waals surface area (Å²) in [6.07, 6.45) is 1.84. The van der Waals surface area contributed by atoms with E-state index in [2.05, 4.69) is 32.8 Å². The average molecular weight is 238 g/mol. The fourth-order valence-corrected chi connectivity index (χ4v) is 1.03. The molecule has 2 nitrogen and oxygen atoms in total. The van der Waals surface area contributed by atoms with Crippen molar-refractivity contribution in [3.63, 3.8) is 0 Å². The molecule has 13 heavy (non-hydrogen) atoms. The van der Waals surface area contributed by atoms with Gasteiger partial charge in [-0.3, -0.25) is 9.78 Å². The summed E-state index contributed by atoms with van der Waals surface area (Å²) in [4.78, 5) is 15.3. The predicted octanol–water partition coefficient (Wildman–Crippen LogP) is 2.44. The summed E-state index contributed by atoms with van der Waals surface area (Å²) in [5, 5.41) is 0. The van der Waals surface area contributed by atoms with Crippen LogP contribution in [-0.4, -0.2) is 10.8 Å². The van der Waals surface area contributed by atoms with Crippen molar-refractivity contribution >= 4 is 21.7 Å². The molecule has 1 heterocycles. The van der Waals surface area contributed by atoms with Gasteiger partial charge < -0.3 is 0 Å². The van der Waals surface area contributed by atoms with E-state index in [1.165, 1.54) is 0 Å². The first-order chi connectivity index (χ1) is 6.24. The maximum Gasteiger partial charge on any atom is 0.193 e. The lowest BCUT2D eigenvalue weighted by Crippen LogP contribution is -1.99. The Bertz CT molecular complexity index is 359. The van der Waals surface area contributed by atoms with Crippen LogP contribution in [0.4, 0.5) is 0 Å². The van der Waals surface area contributed by atoms with Gasteiger partial charge in [-0.2, -0.15) is 0 Å². The number of hydrogen-bond donors (Lipinski definition) is 0. The lowest BCUT2D eigenvalue weighted by molar-refractivity contribution is 0.0993. The van der Waals surface area contributed by atoms with Gasteiger partial charge in [-0.1, -0.05) is 5.92 Å². The molecule has 0 fully saturated rings. The van der Waals surface area contributed by atoms with E-state index in [1.807, 2.05) is 0 Å². The highest BCUT2D eigenvalue weighted by atomic mass is 79.9. The zero-order chi connectivity index (χ0) is 9.68. The Morgan fingerprint density at radius 2 is 2.38 bits per heavy atom. The fourth-order valence-electron chi connectivity index (χ4n) is 0.800. The molecule has 3 heteroatoms. The van der Waals surface area contributed by atoms with Crippen molar-refractivity contribution in [2.24, 2.45) is 0 Å². The maximum absolute atomic E-state index is 11.3. The van der Waals surface area contributed by atoms with Gasteiger partial charge in [0.2, 0.25) is 0 Å². The predicted molar refractivity (Wildman–Crippen MR) is 54.3 cm³/mol. The minimum atomic E-state index is -0.0400. The molecule has 0 radical (unpaired) electrons. The third kappa shape index (κ3) is 3.00. The molecule has 1 rings (SSSR count). The van der Waals surface area contributed by atoms with Crippen LogP contribution in [0.5, 0.6) is 0 Å². The Morgan fingerprint density at radius 1 is 1.62 bits per heavy atom. The van der Waals surface area contributed by atoms with Gasteiger partial charge in [0.05, 0.1) is 6.42 Å². The van der Waals surface area contributed by atoms with E-state index >= 15 is 0 Å². The zero-order valence-electron chi connectivity index (χ0n) is 7.17. The summed E-state index contributed by atoms with van der Waals surface area (Å²) in [6, 6.07) is 3.48. The molecule has 0 N–H and O–H groups in total. The second-order valence-electron chi connectivity index (χ2n) is 2.39. The van der Waals surface area contributed by atoms with E-state index < -0.39 is 0 Å². The number of Topliss-reactive ketones (excluding diaryl/α,β-unsaturated/α-hetero) is 1. The maximum atomic E-state index is 11.3.